The molecule has 0 aliphatic carbocycles. The van der Waals surface area contributed by atoms with E-state index in [1.54, 1.807) is 11.8 Å². The lowest BCUT2D eigenvalue weighted by Gasteiger charge is -2.06. The van der Waals surface area contributed by atoms with Gasteiger partial charge in [-0.25, -0.2) is 0 Å². The number of hydrogen-bond acceptors (Lipinski definition) is 4. The summed E-state index contributed by atoms with van der Waals surface area (Å²) >= 11 is 0. The molecule has 0 aromatic carbocycles. The van der Waals surface area contributed by atoms with Crippen molar-refractivity contribution in [3.63, 3.8) is 0 Å². The molecule has 86 valence electrons. The van der Waals surface area contributed by atoms with Crippen molar-refractivity contribution in [2.24, 2.45) is 7.05 Å². The van der Waals surface area contributed by atoms with Gasteiger partial charge < -0.3 is 15.8 Å². The second-order valence-electron chi connectivity index (χ2n) is 3.85. The summed E-state index contributed by atoms with van der Waals surface area (Å²) in [6, 6.07) is 0. The summed E-state index contributed by atoms with van der Waals surface area (Å²) in [7, 11) is 3.56. The van der Waals surface area contributed by atoms with Gasteiger partial charge in [0.1, 0.15) is 5.82 Å². The van der Waals surface area contributed by atoms with Gasteiger partial charge in [-0.3, -0.25) is 4.68 Å². The van der Waals surface area contributed by atoms with Crippen molar-refractivity contribution in [2.45, 2.75) is 19.8 Å². The molecule has 5 nitrogen and oxygen atoms in total. The van der Waals surface area contributed by atoms with E-state index in [0.717, 1.165) is 23.7 Å². The van der Waals surface area contributed by atoms with E-state index in [0.29, 0.717) is 12.5 Å². The summed E-state index contributed by atoms with van der Waals surface area (Å²) in [5.74, 6) is 1.21. The molecule has 3 N–H and O–H groups in total. The molecule has 0 bridgehead atoms. The quantitative estimate of drug-likeness (QED) is 0.719. The summed E-state index contributed by atoms with van der Waals surface area (Å²) < 4.78 is 6.74. The van der Waals surface area contributed by atoms with Crippen LogP contribution in [0.25, 0.3) is 0 Å². The van der Waals surface area contributed by atoms with Gasteiger partial charge in [0.15, 0.2) is 0 Å². The standard InChI is InChI=1S/C10H20N4O/c1-7(2)9-8(11)10(14(3)13-9)12-5-6-15-4/h7,12H,5-6,11H2,1-4H3. The lowest BCUT2D eigenvalue weighted by Crippen LogP contribution is -2.11. The lowest BCUT2D eigenvalue weighted by atomic mass is 10.1. The van der Waals surface area contributed by atoms with Crippen LogP contribution >= 0.6 is 0 Å². The summed E-state index contributed by atoms with van der Waals surface area (Å²) in [4.78, 5) is 0. The molecule has 1 aromatic heterocycles. The zero-order chi connectivity index (χ0) is 11.4. The largest absolute Gasteiger partial charge is 0.394 e. The highest BCUT2D eigenvalue weighted by atomic mass is 16.5. The molecular weight excluding hydrogens is 192 g/mol. The van der Waals surface area contributed by atoms with Crippen molar-refractivity contribution in [3.05, 3.63) is 5.69 Å². The van der Waals surface area contributed by atoms with Gasteiger partial charge in [-0.15, -0.1) is 0 Å². The topological polar surface area (TPSA) is 65.1 Å². The van der Waals surface area contributed by atoms with E-state index in [9.17, 15) is 0 Å². The summed E-state index contributed by atoms with van der Waals surface area (Å²) in [6.45, 7) is 5.55. The Hall–Kier alpha value is -1.23. The monoisotopic (exact) mass is 212 g/mol. The minimum atomic E-state index is 0.342. The highest BCUT2D eigenvalue weighted by Gasteiger charge is 2.14. The maximum Gasteiger partial charge on any atom is 0.147 e. The Kier molecular flexibility index (Phi) is 3.96. The van der Waals surface area contributed by atoms with Crippen molar-refractivity contribution < 1.29 is 4.74 Å². The predicted octanol–water partition coefficient (Wildman–Crippen LogP) is 1.18. The lowest BCUT2D eigenvalue weighted by molar-refractivity contribution is 0.210. The molecule has 1 aromatic rings. The second kappa shape index (κ2) is 5.02. The van der Waals surface area contributed by atoms with Gasteiger partial charge in [0, 0.05) is 20.7 Å². The van der Waals surface area contributed by atoms with Crippen LogP contribution in [0.1, 0.15) is 25.5 Å². The highest BCUT2D eigenvalue weighted by molar-refractivity contribution is 5.65. The maximum atomic E-state index is 6.00. The fourth-order valence-corrected chi connectivity index (χ4v) is 1.47. The van der Waals surface area contributed by atoms with Crippen molar-refractivity contribution in [1.29, 1.82) is 0 Å². The number of aryl methyl sites for hydroxylation is 1. The molecule has 0 spiro atoms. The Bertz CT molecular complexity index is 319. The third-order valence-corrected chi connectivity index (χ3v) is 2.26. The van der Waals surface area contributed by atoms with Crippen LogP contribution in [0.5, 0.6) is 0 Å². The van der Waals surface area contributed by atoms with E-state index >= 15 is 0 Å². The first-order valence-electron chi connectivity index (χ1n) is 5.13. The number of nitrogens with one attached hydrogen (secondary N) is 1. The first-order valence-corrected chi connectivity index (χ1v) is 5.13. The molecular formula is C10H20N4O. The molecule has 1 rings (SSSR count). The maximum absolute atomic E-state index is 6.00. The summed E-state index contributed by atoms with van der Waals surface area (Å²) in [5, 5.41) is 7.58. The van der Waals surface area contributed by atoms with Crippen LogP contribution in [0, 0.1) is 0 Å². The number of nitrogen functional groups attached to an aromatic ring is 1. The van der Waals surface area contributed by atoms with E-state index in [1.165, 1.54) is 0 Å². The third kappa shape index (κ3) is 2.62. The Morgan fingerprint density at radius 2 is 2.20 bits per heavy atom. The van der Waals surface area contributed by atoms with Crippen LogP contribution in [-0.2, 0) is 11.8 Å². The average Bonchev–Trinajstić information content (AvgIpc) is 2.45. The molecule has 0 amide bonds. The zero-order valence-corrected chi connectivity index (χ0v) is 9.87. The molecule has 0 fully saturated rings. The average molecular weight is 212 g/mol. The van der Waals surface area contributed by atoms with Crippen LogP contribution in [0.15, 0.2) is 0 Å². The molecule has 0 saturated carbocycles. The van der Waals surface area contributed by atoms with E-state index in [-0.39, 0.29) is 0 Å². The molecule has 1 heterocycles. The van der Waals surface area contributed by atoms with E-state index < -0.39 is 0 Å². The zero-order valence-electron chi connectivity index (χ0n) is 9.87. The Morgan fingerprint density at radius 1 is 1.53 bits per heavy atom. The van der Waals surface area contributed by atoms with Crippen molar-refractivity contribution >= 4 is 11.5 Å². The molecule has 15 heavy (non-hydrogen) atoms. The van der Waals surface area contributed by atoms with Crippen LogP contribution in [0.3, 0.4) is 0 Å². The fourth-order valence-electron chi connectivity index (χ4n) is 1.47. The number of anilines is 2. The predicted molar refractivity (Wildman–Crippen MR) is 62.1 cm³/mol. The van der Waals surface area contributed by atoms with E-state index in [1.807, 2.05) is 7.05 Å². The van der Waals surface area contributed by atoms with Gasteiger partial charge in [0.2, 0.25) is 0 Å². The molecule has 5 heteroatoms. The smallest absolute Gasteiger partial charge is 0.147 e. The number of nitrogens with zero attached hydrogens (tertiary/aromatic N) is 2. The SMILES string of the molecule is COCCNc1c(N)c(C(C)C)nn1C. The first-order chi connectivity index (χ1) is 7.07. The minimum Gasteiger partial charge on any atom is -0.394 e. The highest BCUT2D eigenvalue weighted by Crippen LogP contribution is 2.27. The number of methoxy groups -OCH3 is 1. The third-order valence-electron chi connectivity index (χ3n) is 2.26. The molecule has 0 unspecified atom stereocenters. The molecule has 0 aliphatic heterocycles. The Balaban J connectivity index is 2.79. The van der Waals surface area contributed by atoms with Gasteiger partial charge in [0.25, 0.3) is 0 Å². The van der Waals surface area contributed by atoms with Crippen LogP contribution in [0.4, 0.5) is 11.5 Å². The fraction of sp³-hybridized carbons (Fsp3) is 0.700. The normalized spacial score (nSPS) is 11.0. The van der Waals surface area contributed by atoms with Crippen molar-refractivity contribution in [1.82, 2.24) is 9.78 Å². The Labute approximate surface area is 90.6 Å². The van der Waals surface area contributed by atoms with Crippen LogP contribution in [-0.4, -0.2) is 30.0 Å². The number of rotatable bonds is 5. The molecule has 0 atom stereocenters. The van der Waals surface area contributed by atoms with Gasteiger partial charge in [0.05, 0.1) is 18.0 Å². The number of aromatic nitrogens is 2. The van der Waals surface area contributed by atoms with Gasteiger partial charge in [-0.05, 0) is 5.92 Å². The molecule has 0 radical (unpaired) electrons. The van der Waals surface area contributed by atoms with E-state index in [4.69, 9.17) is 10.5 Å². The molecule has 0 aliphatic rings. The number of hydrogen-bond donors (Lipinski definition) is 2. The Morgan fingerprint density at radius 3 is 2.67 bits per heavy atom. The number of ether oxygens (including phenoxy) is 1. The van der Waals surface area contributed by atoms with Gasteiger partial charge >= 0.3 is 0 Å². The van der Waals surface area contributed by atoms with Crippen LogP contribution in [0.2, 0.25) is 0 Å². The summed E-state index contributed by atoms with van der Waals surface area (Å²) in [6.07, 6.45) is 0. The summed E-state index contributed by atoms with van der Waals surface area (Å²) in [5.41, 5.74) is 7.68. The molecule has 0 saturated heterocycles. The van der Waals surface area contributed by atoms with Crippen LogP contribution < -0.4 is 11.1 Å². The van der Waals surface area contributed by atoms with Crippen molar-refractivity contribution in [3.8, 4) is 0 Å². The van der Waals surface area contributed by atoms with Crippen molar-refractivity contribution in [2.75, 3.05) is 31.3 Å². The first kappa shape index (κ1) is 11.8. The second-order valence-corrected chi connectivity index (χ2v) is 3.85. The minimum absolute atomic E-state index is 0.342. The van der Waals surface area contributed by atoms with Gasteiger partial charge in [-0.1, -0.05) is 13.8 Å². The van der Waals surface area contributed by atoms with E-state index in [2.05, 4.69) is 24.3 Å². The van der Waals surface area contributed by atoms with Gasteiger partial charge in [-0.2, -0.15) is 5.10 Å². The number of nitrogens with two attached hydrogens (primary N) is 1.